The molecule has 6 aromatic rings. The van der Waals surface area contributed by atoms with Crippen molar-refractivity contribution in [3.8, 4) is 33.9 Å². The molecule has 0 unspecified atom stereocenters. The molecule has 4 aromatic heterocycles. The van der Waals surface area contributed by atoms with Crippen LogP contribution in [0.4, 0.5) is 0 Å². The van der Waals surface area contributed by atoms with Crippen LogP contribution in [0.25, 0.3) is 55.8 Å². The van der Waals surface area contributed by atoms with Crippen LogP contribution in [-0.2, 0) is 20.1 Å². The Morgan fingerprint density at radius 1 is 0.939 bits per heavy atom. The Hall–Kier alpha value is -4.30. The SMILES string of the molecule is Cn1ncc2c1CNCc1cccc(c1)-c1nccc3[nH]c(nc13)-c1n[nH]c3ccc-2cc13. The summed E-state index contributed by atoms with van der Waals surface area (Å²) in [6.07, 6.45) is 3.75. The van der Waals surface area contributed by atoms with Crippen molar-refractivity contribution in [1.82, 2.24) is 40.2 Å². The summed E-state index contributed by atoms with van der Waals surface area (Å²) in [7, 11) is 1.98. The minimum Gasteiger partial charge on any atom is -0.336 e. The summed E-state index contributed by atoms with van der Waals surface area (Å²) in [5.74, 6) is 0.721. The number of nitrogens with zero attached hydrogens (tertiary/aromatic N) is 5. The van der Waals surface area contributed by atoms with Gasteiger partial charge >= 0.3 is 0 Å². The van der Waals surface area contributed by atoms with Gasteiger partial charge in [-0.25, -0.2) is 4.98 Å². The first kappa shape index (κ1) is 18.3. The Kier molecular flexibility index (Phi) is 3.80. The first-order chi connectivity index (χ1) is 16.2. The van der Waals surface area contributed by atoms with Gasteiger partial charge in [0.15, 0.2) is 5.82 Å². The standard InChI is InChI=1S/C25H20N8/c1-33-21-13-26-11-14-3-2-4-16(9-14)22-24-20(7-8-27-22)29-25(30-24)23-17-10-15(18(21)12-28-33)5-6-19(17)31-32-23/h2-10,12,26H,11,13H2,1H3,(H,29,30)(H,31,32). The van der Waals surface area contributed by atoms with E-state index in [1.165, 1.54) is 5.56 Å². The van der Waals surface area contributed by atoms with Crippen LogP contribution >= 0.6 is 0 Å². The average Bonchev–Trinajstić information content (AvgIpc) is 3.54. The maximum Gasteiger partial charge on any atom is 0.159 e. The van der Waals surface area contributed by atoms with Gasteiger partial charge in [0.1, 0.15) is 11.2 Å². The summed E-state index contributed by atoms with van der Waals surface area (Å²) in [5.41, 5.74) is 9.96. The molecule has 0 amide bonds. The molecule has 5 heterocycles. The topological polar surface area (TPSA) is 100 Å². The molecule has 0 saturated carbocycles. The van der Waals surface area contributed by atoms with Gasteiger partial charge in [-0.1, -0.05) is 24.3 Å². The molecule has 0 fully saturated rings. The highest BCUT2D eigenvalue weighted by atomic mass is 15.3. The van der Waals surface area contributed by atoms with Crippen LogP contribution in [0, 0.1) is 0 Å². The van der Waals surface area contributed by atoms with Crippen LogP contribution in [0.1, 0.15) is 11.3 Å². The molecule has 0 aliphatic carbocycles. The van der Waals surface area contributed by atoms with E-state index in [0.717, 1.165) is 68.1 Å². The van der Waals surface area contributed by atoms with Crippen LogP contribution in [0.15, 0.2) is 60.9 Å². The van der Waals surface area contributed by atoms with Gasteiger partial charge in [-0.3, -0.25) is 14.8 Å². The largest absolute Gasteiger partial charge is 0.336 e. The van der Waals surface area contributed by atoms with Gasteiger partial charge in [0.2, 0.25) is 0 Å². The maximum atomic E-state index is 4.94. The van der Waals surface area contributed by atoms with E-state index >= 15 is 0 Å². The van der Waals surface area contributed by atoms with Crippen molar-refractivity contribution in [2.24, 2.45) is 7.05 Å². The summed E-state index contributed by atoms with van der Waals surface area (Å²) < 4.78 is 1.94. The molecule has 1 aliphatic heterocycles. The number of imidazole rings is 1. The third kappa shape index (κ3) is 2.81. The zero-order valence-electron chi connectivity index (χ0n) is 17.9. The van der Waals surface area contributed by atoms with E-state index in [4.69, 9.17) is 4.98 Å². The number of aromatic amines is 2. The number of rotatable bonds is 0. The molecule has 6 bridgehead atoms. The third-order valence-corrected chi connectivity index (χ3v) is 6.38. The van der Waals surface area contributed by atoms with Crippen LogP contribution in [0.5, 0.6) is 0 Å². The second kappa shape index (κ2) is 6.85. The fourth-order valence-electron chi connectivity index (χ4n) is 4.69. The van der Waals surface area contributed by atoms with Gasteiger partial charge < -0.3 is 10.3 Å². The van der Waals surface area contributed by atoms with E-state index in [1.807, 2.05) is 30.2 Å². The summed E-state index contributed by atoms with van der Waals surface area (Å²) in [6.45, 7) is 1.45. The Morgan fingerprint density at radius 2 is 1.91 bits per heavy atom. The van der Waals surface area contributed by atoms with Crippen molar-refractivity contribution in [2.45, 2.75) is 13.1 Å². The molecule has 2 aromatic carbocycles. The molecule has 8 heteroatoms. The predicted octanol–water partition coefficient (Wildman–Crippen LogP) is 4.17. The van der Waals surface area contributed by atoms with Crippen molar-refractivity contribution < 1.29 is 0 Å². The van der Waals surface area contributed by atoms with E-state index in [0.29, 0.717) is 6.54 Å². The van der Waals surface area contributed by atoms with Crippen molar-refractivity contribution in [1.29, 1.82) is 0 Å². The molecule has 33 heavy (non-hydrogen) atoms. The maximum absolute atomic E-state index is 4.94. The molecule has 0 radical (unpaired) electrons. The van der Waals surface area contributed by atoms with Gasteiger partial charge in [-0.2, -0.15) is 10.2 Å². The van der Waals surface area contributed by atoms with Gasteiger partial charge in [-0.15, -0.1) is 0 Å². The number of aryl methyl sites for hydroxylation is 1. The highest BCUT2D eigenvalue weighted by Crippen LogP contribution is 2.33. The summed E-state index contributed by atoms with van der Waals surface area (Å²) in [6, 6.07) is 16.7. The van der Waals surface area contributed by atoms with Gasteiger partial charge in [0.25, 0.3) is 0 Å². The molecule has 160 valence electrons. The molecular formula is C25H20N8. The minimum atomic E-state index is 0.708. The third-order valence-electron chi connectivity index (χ3n) is 6.38. The Morgan fingerprint density at radius 3 is 2.88 bits per heavy atom. The molecule has 0 saturated heterocycles. The van der Waals surface area contributed by atoms with E-state index in [2.05, 4.69) is 73.0 Å². The number of pyridine rings is 1. The number of benzene rings is 2. The fraction of sp³-hybridized carbons (Fsp3) is 0.120. The fourth-order valence-corrected chi connectivity index (χ4v) is 4.69. The Labute approximate surface area is 188 Å². The van der Waals surface area contributed by atoms with Crippen LogP contribution in [-0.4, -0.2) is 34.9 Å². The zero-order valence-corrected chi connectivity index (χ0v) is 17.9. The smallest absolute Gasteiger partial charge is 0.159 e. The molecule has 0 spiro atoms. The number of hydrogen-bond acceptors (Lipinski definition) is 5. The van der Waals surface area contributed by atoms with Gasteiger partial charge in [0, 0.05) is 42.8 Å². The van der Waals surface area contributed by atoms with Crippen LogP contribution < -0.4 is 5.32 Å². The zero-order chi connectivity index (χ0) is 21.9. The number of hydrogen-bond donors (Lipinski definition) is 3. The molecule has 7 rings (SSSR count). The lowest BCUT2D eigenvalue weighted by molar-refractivity contribution is 0.627. The van der Waals surface area contributed by atoms with E-state index in [1.54, 1.807) is 0 Å². The van der Waals surface area contributed by atoms with Gasteiger partial charge in [0.05, 0.1) is 28.6 Å². The number of aromatic nitrogens is 7. The highest BCUT2D eigenvalue weighted by Gasteiger charge is 2.18. The summed E-state index contributed by atoms with van der Waals surface area (Å²) >= 11 is 0. The molecule has 1 aliphatic rings. The number of fused-ring (bicyclic) bond motifs is 8. The normalized spacial score (nSPS) is 13.2. The first-order valence-corrected chi connectivity index (χ1v) is 10.9. The number of nitrogens with one attached hydrogen (secondary N) is 3. The second-order valence-electron chi connectivity index (χ2n) is 8.41. The molecule has 0 atom stereocenters. The van der Waals surface area contributed by atoms with E-state index < -0.39 is 0 Å². The molecule has 3 N–H and O–H groups in total. The van der Waals surface area contributed by atoms with E-state index in [9.17, 15) is 0 Å². The van der Waals surface area contributed by atoms with Crippen molar-refractivity contribution in [3.63, 3.8) is 0 Å². The average molecular weight is 432 g/mol. The van der Waals surface area contributed by atoms with E-state index in [-0.39, 0.29) is 0 Å². The van der Waals surface area contributed by atoms with Crippen molar-refractivity contribution >= 4 is 21.9 Å². The highest BCUT2D eigenvalue weighted by molar-refractivity contribution is 5.97. The quantitative estimate of drug-likeness (QED) is 0.334. The lowest BCUT2D eigenvalue weighted by Crippen LogP contribution is -2.16. The molecular weight excluding hydrogens is 412 g/mol. The van der Waals surface area contributed by atoms with Crippen molar-refractivity contribution in [2.75, 3.05) is 0 Å². The second-order valence-corrected chi connectivity index (χ2v) is 8.41. The van der Waals surface area contributed by atoms with Crippen LogP contribution in [0.2, 0.25) is 0 Å². The minimum absolute atomic E-state index is 0.708. The Balaban J connectivity index is 1.53. The van der Waals surface area contributed by atoms with Crippen molar-refractivity contribution in [3.05, 3.63) is 72.2 Å². The number of H-pyrrole nitrogens is 2. The first-order valence-electron chi connectivity index (χ1n) is 10.9. The molecule has 8 nitrogen and oxygen atoms in total. The summed E-state index contributed by atoms with van der Waals surface area (Å²) in [5, 5.41) is 16.9. The lowest BCUT2D eigenvalue weighted by atomic mass is 10.0. The lowest BCUT2D eigenvalue weighted by Gasteiger charge is -2.10. The monoisotopic (exact) mass is 432 g/mol. The Bertz CT molecular complexity index is 1670. The predicted molar refractivity (Wildman–Crippen MR) is 127 cm³/mol. The summed E-state index contributed by atoms with van der Waals surface area (Å²) in [4.78, 5) is 13.1. The van der Waals surface area contributed by atoms with Gasteiger partial charge in [-0.05, 0) is 35.4 Å². The van der Waals surface area contributed by atoms with Crippen LogP contribution in [0.3, 0.4) is 0 Å².